The van der Waals surface area contributed by atoms with Gasteiger partial charge in [-0.15, -0.1) is 0 Å². The molecule has 2 unspecified atom stereocenters. The van der Waals surface area contributed by atoms with Crippen LogP contribution < -0.4 is 9.62 Å². The topological polar surface area (TPSA) is 62.3 Å². The molecule has 1 aromatic heterocycles. The molecule has 3 rings (SSSR count). The van der Waals surface area contributed by atoms with Crippen LogP contribution >= 0.6 is 11.6 Å². The first-order chi connectivity index (χ1) is 12.3. The number of carbonyl (C=O) groups excluding carboxylic acids is 1. The van der Waals surface area contributed by atoms with E-state index in [9.17, 15) is 9.00 Å². The Bertz CT molecular complexity index is 842. The lowest BCUT2D eigenvalue weighted by Crippen LogP contribution is -2.40. The lowest BCUT2D eigenvalue weighted by molar-refractivity contribution is 0.0983. The molecule has 1 N–H and O–H groups in total. The van der Waals surface area contributed by atoms with E-state index in [1.807, 2.05) is 6.07 Å². The fourth-order valence-corrected chi connectivity index (χ4v) is 4.45. The zero-order chi connectivity index (χ0) is 18.9. The molecule has 0 radical (unpaired) electrons. The van der Waals surface area contributed by atoms with Crippen LogP contribution in [0.15, 0.2) is 47.4 Å². The molecule has 2 heterocycles. The summed E-state index contributed by atoms with van der Waals surface area (Å²) in [5.74, 6) is 0.594. The minimum atomic E-state index is -1.63. The van der Waals surface area contributed by atoms with Crippen molar-refractivity contribution in [2.75, 3.05) is 11.4 Å². The van der Waals surface area contributed by atoms with E-state index in [4.69, 9.17) is 11.6 Å². The van der Waals surface area contributed by atoms with Crippen molar-refractivity contribution in [2.45, 2.75) is 37.6 Å². The molecule has 7 heteroatoms. The Morgan fingerprint density at radius 2 is 1.96 bits per heavy atom. The van der Waals surface area contributed by atoms with Crippen molar-refractivity contribution in [1.82, 2.24) is 9.71 Å². The van der Waals surface area contributed by atoms with E-state index in [2.05, 4.69) is 35.4 Å². The number of rotatable bonds is 4. The van der Waals surface area contributed by atoms with E-state index in [0.29, 0.717) is 27.3 Å². The molecular weight excluding hydrogens is 370 g/mol. The molecule has 0 aliphatic carbocycles. The molecule has 1 saturated heterocycles. The van der Waals surface area contributed by atoms with Crippen LogP contribution in [0.4, 0.5) is 5.82 Å². The zero-order valence-electron chi connectivity index (χ0n) is 15.0. The molecule has 2 atom stereocenters. The lowest BCUT2D eigenvalue weighted by Gasteiger charge is -2.33. The summed E-state index contributed by atoms with van der Waals surface area (Å²) >= 11 is 6.10. The molecule has 26 heavy (non-hydrogen) atoms. The fourth-order valence-electron chi connectivity index (χ4n) is 3.51. The van der Waals surface area contributed by atoms with Crippen LogP contribution in [0.1, 0.15) is 37.6 Å². The number of halogens is 1. The van der Waals surface area contributed by atoms with Gasteiger partial charge in [-0.1, -0.05) is 36.7 Å². The average molecular weight is 392 g/mol. The van der Waals surface area contributed by atoms with Gasteiger partial charge in [0.1, 0.15) is 11.0 Å². The van der Waals surface area contributed by atoms with Crippen LogP contribution in [0.2, 0.25) is 5.15 Å². The second kappa shape index (κ2) is 7.37. The van der Waals surface area contributed by atoms with Gasteiger partial charge in [0.15, 0.2) is 11.0 Å². The van der Waals surface area contributed by atoms with Gasteiger partial charge in [-0.25, -0.2) is 9.19 Å². The number of carbonyl (C=O) groups is 1. The normalized spacial score (nSPS) is 20.0. The molecule has 2 aromatic rings. The van der Waals surface area contributed by atoms with Crippen LogP contribution in [0.25, 0.3) is 0 Å². The summed E-state index contributed by atoms with van der Waals surface area (Å²) in [6.45, 7) is 7.23. The summed E-state index contributed by atoms with van der Waals surface area (Å²) in [5, 5.41) is 0.330. The molecule has 1 fully saturated rings. The monoisotopic (exact) mass is 391 g/mol. The largest absolute Gasteiger partial charge is 0.351 e. The van der Waals surface area contributed by atoms with E-state index in [1.54, 1.807) is 36.4 Å². The number of pyridine rings is 1. The van der Waals surface area contributed by atoms with Crippen LogP contribution in [-0.4, -0.2) is 27.2 Å². The van der Waals surface area contributed by atoms with Gasteiger partial charge in [0.25, 0.3) is 5.91 Å². The Morgan fingerprint density at radius 3 is 2.58 bits per heavy atom. The maximum absolute atomic E-state index is 12.8. The number of hydrogen-bond donors (Lipinski definition) is 1. The third-order valence-electron chi connectivity index (χ3n) is 4.56. The highest BCUT2D eigenvalue weighted by Crippen LogP contribution is 2.37. The minimum Gasteiger partial charge on any atom is -0.351 e. The van der Waals surface area contributed by atoms with Gasteiger partial charge in [0.05, 0.1) is 10.5 Å². The number of benzene rings is 1. The van der Waals surface area contributed by atoms with E-state index < -0.39 is 16.9 Å². The highest BCUT2D eigenvalue weighted by atomic mass is 35.5. The number of anilines is 1. The highest BCUT2D eigenvalue weighted by molar-refractivity contribution is 7.83. The first kappa shape index (κ1) is 18.9. The maximum atomic E-state index is 12.8. The van der Waals surface area contributed by atoms with Gasteiger partial charge >= 0.3 is 0 Å². The second-order valence-corrected chi connectivity index (χ2v) is 8.85. The summed E-state index contributed by atoms with van der Waals surface area (Å²) in [4.78, 5) is 19.9. The van der Waals surface area contributed by atoms with Gasteiger partial charge < -0.3 is 4.90 Å². The standard InChI is InChI=1S/C19H22ClN3O2S/c1-13-11-19(2,3)23(12-13)17-15(9-10-16(20)21-17)18(24)22-26(25)14-7-5-4-6-8-14/h4-10,13H,11-12H2,1-3H3,(H,22,24). The summed E-state index contributed by atoms with van der Waals surface area (Å²) < 4.78 is 15.0. The third kappa shape index (κ3) is 3.91. The molecule has 0 bridgehead atoms. The van der Waals surface area contributed by atoms with Crippen molar-refractivity contribution in [2.24, 2.45) is 5.92 Å². The van der Waals surface area contributed by atoms with Crippen LogP contribution in [0.3, 0.4) is 0 Å². The van der Waals surface area contributed by atoms with Crippen molar-refractivity contribution in [3.8, 4) is 0 Å². The molecule has 0 spiro atoms. The number of hydrogen-bond acceptors (Lipinski definition) is 4. The van der Waals surface area contributed by atoms with Gasteiger partial charge in [-0.2, -0.15) is 0 Å². The Balaban J connectivity index is 1.91. The summed E-state index contributed by atoms with van der Waals surface area (Å²) in [7, 11) is -1.63. The van der Waals surface area contributed by atoms with Gasteiger partial charge in [-0.3, -0.25) is 9.52 Å². The van der Waals surface area contributed by atoms with Crippen LogP contribution in [0.5, 0.6) is 0 Å². The van der Waals surface area contributed by atoms with Crippen molar-refractivity contribution < 1.29 is 9.00 Å². The van der Waals surface area contributed by atoms with Gasteiger partial charge in [-0.05, 0) is 50.5 Å². The molecule has 0 saturated carbocycles. The lowest BCUT2D eigenvalue weighted by atomic mass is 9.97. The van der Waals surface area contributed by atoms with Crippen LogP contribution in [-0.2, 0) is 11.0 Å². The SMILES string of the molecule is CC1CN(c2nc(Cl)ccc2C(=O)NS(=O)c2ccccc2)C(C)(C)C1. The first-order valence-corrected chi connectivity index (χ1v) is 10.0. The van der Waals surface area contributed by atoms with Gasteiger partial charge in [0.2, 0.25) is 0 Å². The molecule has 5 nitrogen and oxygen atoms in total. The number of nitrogens with zero attached hydrogens (tertiary/aromatic N) is 2. The predicted octanol–water partition coefficient (Wildman–Crippen LogP) is 3.81. The first-order valence-electron chi connectivity index (χ1n) is 8.50. The highest BCUT2D eigenvalue weighted by Gasteiger charge is 2.39. The minimum absolute atomic E-state index is 0.134. The summed E-state index contributed by atoms with van der Waals surface area (Å²) in [6, 6.07) is 12.0. The quantitative estimate of drug-likeness (QED) is 0.805. The smallest absolute Gasteiger partial charge is 0.266 e. The van der Waals surface area contributed by atoms with E-state index >= 15 is 0 Å². The van der Waals surface area contributed by atoms with Gasteiger partial charge in [0, 0.05) is 12.1 Å². The Morgan fingerprint density at radius 1 is 1.27 bits per heavy atom. The molecular formula is C19H22ClN3O2S. The Kier molecular flexibility index (Phi) is 5.34. The van der Waals surface area contributed by atoms with Crippen molar-refractivity contribution in [3.05, 3.63) is 53.2 Å². The maximum Gasteiger partial charge on any atom is 0.266 e. The van der Waals surface area contributed by atoms with Crippen LogP contribution in [0, 0.1) is 5.92 Å². The zero-order valence-corrected chi connectivity index (χ0v) is 16.6. The van der Waals surface area contributed by atoms with E-state index in [0.717, 1.165) is 13.0 Å². The number of aromatic nitrogens is 1. The molecule has 1 aliphatic rings. The van der Waals surface area contributed by atoms with E-state index in [1.165, 1.54) is 0 Å². The molecule has 1 amide bonds. The molecule has 1 aromatic carbocycles. The Labute approximate surface area is 161 Å². The van der Waals surface area contributed by atoms with Crippen molar-refractivity contribution >= 4 is 34.3 Å². The number of nitrogens with one attached hydrogen (secondary N) is 1. The van der Waals surface area contributed by atoms with Crippen molar-refractivity contribution in [3.63, 3.8) is 0 Å². The Hall–Kier alpha value is -1.92. The third-order valence-corrected chi connectivity index (χ3v) is 5.84. The fraction of sp³-hybridized carbons (Fsp3) is 0.368. The van der Waals surface area contributed by atoms with E-state index in [-0.39, 0.29) is 5.54 Å². The summed E-state index contributed by atoms with van der Waals surface area (Å²) in [5.41, 5.74) is 0.242. The molecule has 138 valence electrons. The second-order valence-electron chi connectivity index (χ2n) is 7.25. The average Bonchev–Trinajstić information content (AvgIpc) is 2.87. The van der Waals surface area contributed by atoms with Crippen molar-refractivity contribution in [1.29, 1.82) is 0 Å². The summed E-state index contributed by atoms with van der Waals surface area (Å²) in [6.07, 6.45) is 0.998. The predicted molar refractivity (Wildman–Crippen MR) is 105 cm³/mol. The number of amides is 1. The molecule has 1 aliphatic heterocycles.